The fourth-order valence-corrected chi connectivity index (χ4v) is 3.34. The summed E-state index contributed by atoms with van der Waals surface area (Å²) in [6, 6.07) is 5.49. The van der Waals surface area contributed by atoms with Crippen LogP contribution in [0.2, 0.25) is 0 Å². The molecule has 0 bridgehead atoms. The van der Waals surface area contributed by atoms with Gasteiger partial charge in [0.25, 0.3) is 0 Å². The van der Waals surface area contributed by atoms with Gasteiger partial charge >= 0.3 is 0 Å². The Hall–Kier alpha value is -1.26. The van der Waals surface area contributed by atoms with Crippen LogP contribution in [-0.2, 0) is 13.0 Å². The number of thiazole rings is 1. The predicted molar refractivity (Wildman–Crippen MR) is 88.2 cm³/mol. The van der Waals surface area contributed by atoms with Crippen molar-refractivity contribution in [2.45, 2.75) is 40.7 Å². The molecule has 1 N–H and O–H groups in total. The third kappa shape index (κ3) is 3.89. The first-order chi connectivity index (χ1) is 10.0. The second-order valence-corrected chi connectivity index (χ2v) is 6.79. The number of aromatic nitrogens is 1. The Balaban J connectivity index is 2.25. The van der Waals surface area contributed by atoms with Gasteiger partial charge in [0, 0.05) is 17.0 Å². The molecule has 0 aliphatic rings. The Kier molecular flexibility index (Phi) is 5.48. The van der Waals surface area contributed by atoms with Crippen molar-refractivity contribution in [3.8, 4) is 10.6 Å². The molecule has 2 nitrogen and oxygen atoms in total. The second kappa shape index (κ2) is 7.14. The summed E-state index contributed by atoms with van der Waals surface area (Å²) in [5.41, 5.74) is 2.36. The topological polar surface area (TPSA) is 24.9 Å². The summed E-state index contributed by atoms with van der Waals surface area (Å²) in [6.07, 6.45) is 0.878. The maximum atomic E-state index is 14.2. The van der Waals surface area contributed by atoms with Crippen LogP contribution in [0.15, 0.2) is 18.2 Å². The molecular weight excluding hydrogens is 283 g/mol. The van der Waals surface area contributed by atoms with Gasteiger partial charge in [0.1, 0.15) is 10.8 Å². The van der Waals surface area contributed by atoms with E-state index in [0.29, 0.717) is 17.0 Å². The molecule has 114 valence electrons. The molecule has 0 saturated carbocycles. The zero-order chi connectivity index (χ0) is 15.4. The van der Waals surface area contributed by atoms with E-state index in [2.05, 4.69) is 31.1 Å². The molecule has 0 saturated heterocycles. The maximum Gasteiger partial charge on any atom is 0.136 e. The zero-order valence-corrected chi connectivity index (χ0v) is 14.0. The highest BCUT2D eigenvalue weighted by Crippen LogP contribution is 2.31. The monoisotopic (exact) mass is 306 g/mol. The van der Waals surface area contributed by atoms with Gasteiger partial charge in [-0.2, -0.15) is 0 Å². The largest absolute Gasteiger partial charge is 0.312 e. The smallest absolute Gasteiger partial charge is 0.136 e. The minimum atomic E-state index is -0.157. The van der Waals surface area contributed by atoms with E-state index in [1.807, 2.05) is 12.1 Å². The highest BCUT2D eigenvalue weighted by atomic mass is 32.1. The van der Waals surface area contributed by atoms with Gasteiger partial charge in [0.2, 0.25) is 0 Å². The van der Waals surface area contributed by atoms with Gasteiger partial charge in [0.05, 0.1) is 5.69 Å². The molecule has 1 aromatic heterocycles. The van der Waals surface area contributed by atoms with E-state index >= 15 is 0 Å². The number of hydrogen-bond donors (Lipinski definition) is 1. The molecule has 4 heteroatoms. The first-order valence-corrected chi connectivity index (χ1v) is 8.29. The Bertz CT molecular complexity index is 605. The van der Waals surface area contributed by atoms with Gasteiger partial charge in [0.15, 0.2) is 0 Å². The second-order valence-electron chi connectivity index (χ2n) is 5.70. The van der Waals surface area contributed by atoms with E-state index in [1.54, 1.807) is 24.3 Å². The normalized spacial score (nSPS) is 11.3. The summed E-state index contributed by atoms with van der Waals surface area (Å²) in [4.78, 5) is 5.85. The number of nitrogens with zero attached hydrogens (tertiary/aromatic N) is 1. The van der Waals surface area contributed by atoms with Crippen LogP contribution in [0, 0.1) is 18.7 Å². The molecule has 2 aromatic rings. The Morgan fingerprint density at radius 1 is 1.33 bits per heavy atom. The van der Waals surface area contributed by atoms with Crippen LogP contribution in [0.1, 0.15) is 36.9 Å². The molecule has 21 heavy (non-hydrogen) atoms. The number of nitrogens with one attached hydrogen (secondary N) is 1. The molecule has 0 aliphatic heterocycles. The first kappa shape index (κ1) is 16.1. The lowest BCUT2D eigenvalue weighted by atomic mass is 10.1. The SMILES string of the molecule is CCc1nc(-c2cccc(C)c2F)sc1CNCC(C)C. The summed E-state index contributed by atoms with van der Waals surface area (Å²) >= 11 is 1.60. The van der Waals surface area contributed by atoms with E-state index < -0.39 is 0 Å². The molecule has 0 fully saturated rings. The van der Waals surface area contributed by atoms with Crippen LogP contribution in [0.4, 0.5) is 4.39 Å². The van der Waals surface area contributed by atoms with Crippen LogP contribution in [0.25, 0.3) is 10.6 Å². The molecule has 0 aliphatic carbocycles. The van der Waals surface area contributed by atoms with Crippen molar-refractivity contribution in [2.24, 2.45) is 5.92 Å². The van der Waals surface area contributed by atoms with E-state index in [1.165, 1.54) is 4.88 Å². The lowest BCUT2D eigenvalue weighted by Gasteiger charge is -2.06. The average molecular weight is 306 g/mol. The Labute approximate surface area is 130 Å². The van der Waals surface area contributed by atoms with Crippen LogP contribution < -0.4 is 5.32 Å². The standard InChI is InChI=1S/C17H23FN2S/c1-5-14-15(10-19-9-11(2)3)21-17(20-14)13-8-6-7-12(4)16(13)18/h6-8,11,19H,5,9-10H2,1-4H3. The number of rotatable bonds is 6. The summed E-state index contributed by atoms with van der Waals surface area (Å²) in [5.74, 6) is 0.465. The van der Waals surface area contributed by atoms with Gasteiger partial charge in [-0.05, 0) is 37.4 Å². The first-order valence-electron chi connectivity index (χ1n) is 7.47. The minimum Gasteiger partial charge on any atom is -0.312 e. The van der Waals surface area contributed by atoms with Crippen molar-refractivity contribution in [1.82, 2.24) is 10.3 Å². The summed E-state index contributed by atoms with van der Waals surface area (Å²) in [7, 11) is 0. The fraction of sp³-hybridized carbons (Fsp3) is 0.471. The number of halogens is 1. The van der Waals surface area contributed by atoms with Crippen molar-refractivity contribution < 1.29 is 4.39 Å². The molecule has 1 aromatic carbocycles. The molecule has 0 unspecified atom stereocenters. The van der Waals surface area contributed by atoms with Crippen molar-refractivity contribution in [3.63, 3.8) is 0 Å². The summed E-state index contributed by atoms with van der Waals surface area (Å²) in [5, 5.41) is 4.23. The van der Waals surface area contributed by atoms with Crippen LogP contribution >= 0.6 is 11.3 Å². The Morgan fingerprint density at radius 3 is 2.76 bits per heavy atom. The molecule has 0 atom stereocenters. The molecule has 2 rings (SSSR count). The predicted octanol–water partition coefficient (Wildman–Crippen LogP) is 4.57. The van der Waals surface area contributed by atoms with Gasteiger partial charge in [-0.25, -0.2) is 9.37 Å². The van der Waals surface area contributed by atoms with Gasteiger partial charge < -0.3 is 5.32 Å². The van der Waals surface area contributed by atoms with E-state index in [9.17, 15) is 4.39 Å². The lowest BCUT2D eigenvalue weighted by molar-refractivity contribution is 0.553. The summed E-state index contributed by atoms with van der Waals surface area (Å²) in [6.45, 7) is 10.1. The van der Waals surface area contributed by atoms with Crippen molar-refractivity contribution >= 4 is 11.3 Å². The highest BCUT2D eigenvalue weighted by Gasteiger charge is 2.15. The maximum absolute atomic E-state index is 14.2. The van der Waals surface area contributed by atoms with Gasteiger partial charge in [-0.3, -0.25) is 0 Å². The average Bonchev–Trinajstić information content (AvgIpc) is 2.84. The molecule has 0 spiro atoms. The minimum absolute atomic E-state index is 0.157. The molecule has 0 radical (unpaired) electrons. The van der Waals surface area contributed by atoms with E-state index in [0.717, 1.165) is 30.2 Å². The quantitative estimate of drug-likeness (QED) is 0.846. The summed E-state index contributed by atoms with van der Waals surface area (Å²) < 4.78 is 14.2. The van der Waals surface area contributed by atoms with Crippen LogP contribution in [0.3, 0.4) is 0 Å². The van der Waals surface area contributed by atoms with Crippen molar-refractivity contribution in [2.75, 3.05) is 6.54 Å². The third-order valence-electron chi connectivity index (χ3n) is 3.37. The van der Waals surface area contributed by atoms with Gasteiger partial charge in [-0.15, -0.1) is 11.3 Å². The van der Waals surface area contributed by atoms with E-state index in [-0.39, 0.29) is 5.82 Å². The zero-order valence-electron chi connectivity index (χ0n) is 13.2. The molecule has 0 amide bonds. The van der Waals surface area contributed by atoms with Crippen LogP contribution in [-0.4, -0.2) is 11.5 Å². The highest BCUT2D eigenvalue weighted by molar-refractivity contribution is 7.15. The van der Waals surface area contributed by atoms with Crippen LogP contribution in [0.5, 0.6) is 0 Å². The number of hydrogen-bond acceptors (Lipinski definition) is 3. The Morgan fingerprint density at radius 2 is 2.10 bits per heavy atom. The number of aryl methyl sites for hydroxylation is 2. The van der Waals surface area contributed by atoms with E-state index in [4.69, 9.17) is 0 Å². The van der Waals surface area contributed by atoms with Crippen molar-refractivity contribution in [1.29, 1.82) is 0 Å². The van der Waals surface area contributed by atoms with Crippen molar-refractivity contribution in [3.05, 3.63) is 40.2 Å². The third-order valence-corrected chi connectivity index (χ3v) is 4.50. The fourth-order valence-electron chi connectivity index (χ4n) is 2.20. The number of benzene rings is 1. The molecule has 1 heterocycles. The lowest BCUT2D eigenvalue weighted by Crippen LogP contribution is -2.18. The van der Waals surface area contributed by atoms with Gasteiger partial charge in [-0.1, -0.05) is 32.9 Å². The molecular formula is C17H23FN2S.